The van der Waals surface area contributed by atoms with Crippen molar-refractivity contribution in [2.75, 3.05) is 32.2 Å². The van der Waals surface area contributed by atoms with Crippen LogP contribution in [0.3, 0.4) is 0 Å². The molecule has 30 heavy (non-hydrogen) atoms. The Morgan fingerprint density at radius 2 is 1.97 bits per heavy atom. The van der Waals surface area contributed by atoms with Gasteiger partial charge < -0.3 is 19.5 Å². The van der Waals surface area contributed by atoms with E-state index in [0.29, 0.717) is 24.6 Å². The quantitative estimate of drug-likeness (QED) is 0.478. The fourth-order valence-electron chi connectivity index (χ4n) is 2.74. The van der Waals surface area contributed by atoms with E-state index < -0.39 is 5.82 Å². The van der Waals surface area contributed by atoms with Crippen LogP contribution in [0, 0.1) is 5.82 Å². The molecule has 1 heterocycles. The molecule has 0 saturated heterocycles. The molecule has 1 N–H and O–H groups in total. The molecule has 1 aromatic heterocycles. The monoisotopic (exact) mass is 430 g/mol. The number of hydrogen-bond acceptors (Lipinski definition) is 6. The first kappa shape index (κ1) is 21.7. The number of anilines is 1. The lowest BCUT2D eigenvalue weighted by Gasteiger charge is -2.09. The number of hydrogen-bond donors (Lipinski definition) is 1. The highest BCUT2D eigenvalue weighted by Gasteiger charge is 2.13. The Kier molecular flexibility index (Phi) is 7.75. The second-order valence-corrected chi connectivity index (χ2v) is 7.14. The number of halogens is 1. The Hall–Kier alpha value is -2.97. The fraction of sp³-hybridized carbons (Fsp3) is 0.273. The van der Waals surface area contributed by atoms with Gasteiger partial charge in [0.2, 0.25) is 5.91 Å². The maximum atomic E-state index is 14.1. The van der Waals surface area contributed by atoms with Gasteiger partial charge in [-0.25, -0.2) is 9.37 Å². The van der Waals surface area contributed by atoms with Crippen molar-refractivity contribution < 1.29 is 23.4 Å². The summed E-state index contributed by atoms with van der Waals surface area (Å²) in [6.45, 7) is 3.10. The number of nitrogens with one attached hydrogen (secondary N) is 1. The highest BCUT2D eigenvalue weighted by atomic mass is 32.1. The van der Waals surface area contributed by atoms with Crippen LogP contribution in [0.1, 0.15) is 12.6 Å². The number of para-hydroxylation sites is 1. The molecular weight excluding hydrogens is 407 g/mol. The molecule has 8 heteroatoms. The average molecular weight is 431 g/mol. The molecule has 6 nitrogen and oxygen atoms in total. The van der Waals surface area contributed by atoms with E-state index in [9.17, 15) is 9.18 Å². The lowest BCUT2D eigenvalue weighted by atomic mass is 10.2. The van der Waals surface area contributed by atoms with Gasteiger partial charge in [-0.2, -0.15) is 0 Å². The van der Waals surface area contributed by atoms with Crippen molar-refractivity contribution in [2.24, 2.45) is 0 Å². The van der Waals surface area contributed by atoms with Crippen LogP contribution in [-0.4, -0.2) is 37.8 Å². The lowest BCUT2D eigenvalue weighted by molar-refractivity contribution is -0.115. The molecule has 3 aromatic rings. The van der Waals surface area contributed by atoms with Gasteiger partial charge >= 0.3 is 0 Å². The Morgan fingerprint density at radius 3 is 2.73 bits per heavy atom. The van der Waals surface area contributed by atoms with Gasteiger partial charge in [-0.1, -0.05) is 12.1 Å². The highest BCUT2D eigenvalue weighted by Crippen LogP contribution is 2.32. The molecule has 3 rings (SSSR count). The zero-order valence-electron chi connectivity index (χ0n) is 16.8. The van der Waals surface area contributed by atoms with Gasteiger partial charge in [0.05, 0.1) is 30.9 Å². The Bertz CT molecular complexity index is 993. The summed E-state index contributed by atoms with van der Waals surface area (Å²) in [6.07, 6.45) is 0.0843. The number of nitrogens with zero attached hydrogens (tertiary/aromatic N) is 1. The zero-order chi connectivity index (χ0) is 21.3. The summed E-state index contributed by atoms with van der Waals surface area (Å²) < 4.78 is 29.9. The minimum Gasteiger partial charge on any atom is -0.493 e. The van der Waals surface area contributed by atoms with Gasteiger partial charge in [-0.15, -0.1) is 11.3 Å². The van der Waals surface area contributed by atoms with Crippen LogP contribution in [0.25, 0.3) is 10.6 Å². The van der Waals surface area contributed by atoms with E-state index in [4.69, 9.17) is 14.2 Å². The number of carbonyl (C=O) groups is 1. The lowest BCUT2D eigenvalue weighted by Crippen LogP contribution is -2.15. The third-order valence-corrected chi connectivity index (χ3v) is 5.00. The van der Waals surface area contributed by atoms with E-state index in [0.717, 1.165) is 16.3 Å². The van der Waals surface area contributed by atoms with Crippen LogP contribution in [0.5, 0.6) is 11.5 Å². The van der Waals surface area contributed by atoms with Crippen molar-refractivity contribution in [3.8, 4) is 22.1 Å². The number of aromatic nitrogens is 1. The fourth-order valence-corrected chi connectivity index (χ4v) is 3.59. The minimum atomic E-state index is -0.549. The minimum absolute atomic E-state index is 0.0843. The van der Waals surface area contributed by atoms with Gasteiger partial charge in [-0.3, -0.25) is 4.79 Å². The molecule has 158 valence electrons. The van der Waals surface area contributed by atoms with Crippen LogP contribution in [0.15, 0.2) is 47.8 Å². The number of methoxy groups -OCH3 is 1. The average Bonchev–Trinajstić information content (AvgIpc) is 3.18. The molecule has 0 spiro atoms. The number of carbonyl (C=O) groups excluding carboxylic acids is 1. The van der Waals surface area contributed by atoms with Gasteiger partial charge in [0.15, 0.2) is 11.6 Å². The summed E-state index contributed by atoms with van der Waals surface area (Å²) in [6, 6.07) is 12.0. The topological polar surface area (TPSA) is 69.7 Å². The number of thiazole rings is 1. The largest absolute Gasteiger partial charge is 0.493 e. The first-order valence-electron chi connectivity index (χ1n) is 9.48. The van der Waals surface area contributed by atoms with Crippen molar-refractivity contribution in [1.82, 2.24) is 4.98 Å². The predicted molar refractivity (Wildman–Crippen MR) is 115 cm³/mol. The first-order valence-corrected chi connectivity index (χ1v) is 10.4. The maximum absolute atomic E-state index is 14.1. The SMILES string of the molecule is CCOc1ccccc1-c1nc(CC(=O)Nc2ccc(OCCOC)c(F)c2)cs1. The maximum Gasteiger partial charge on any atom is 0.230 e. The summed E-state index contributed by atoms with van der Waals surface area (Å²) in [5, 5.41) is 5.31. The van der Waals surface area contributed by atoms with Crippen LogP contribution in [-0.2, 0) is 16.0 Å². The molecule has 0 unspecified atom stereocenters. The number of benzene rings is 2. The second-order valence-electron chi connectivity index (χ2n) is 6.28. The smallest absolute Gasteiger partial charge is 0.230 e. The molecule has 0 aliphatic rings. The third kappa shape index (κ3) is 5.77. The third-order valence-electron chi connectivity index (χ3n) is 4.07. The van der Waals surface area contributed by atoms with Crippen LogP contribution in [0.2, 0.25) is 0 Å². The standard InChI is InChI=1S/C22H23FN2O4S/c1-3-28-19-7-5-4-6-17(19)22-25-16(14-30-22)13-21(26)24-15-8-9-20(18(23)12-15)29-11-10-27-2/h4-9,12,14H,3,10-11,13H2,1-2H3,(H,24,26). The Balaban J connectivity index is 1.62. The van der Waals surface area contributed by atoms with E-state index in [1.807, 2.05) is 36.6 Å². The van der Waals surface area contributed by atoms with Gasteiger partial charge in [0, 0.05) is 24.2 Å². The van der Waals surface area contributed by atoms with Gasteiger partial charge in [0.25, 0.3) is 0 Å². The van der Waals surface area contributed by atoms with Crippen molar-refractivity contribution in [2.45, 2.75) is 13.3 Å². The van der Waals surface area contributed by atoms with E-state index in [2.05, 4.69) is 10.3 Å². The predicted octanol–water partition coefficient (Wildman–Crippen LogP) is 4.55. The highest BCUT2D eigenvalue weighted by molar-refractivity contribution is 7.13. The molecule has 0 saturated carbocycles. The molecule has 0 fully saturated rings. The number of rotatable bonds is 10. The summed E-state index contributed by atoms with van der Waals surface area (Å²) in [5.74, 6) is 0.0422. The van der Waals surface area contributed by atoms with Crippen LogP contribution < -0.4 is 14.8 Å². The molecule has 0 bridgehead atoms. The van der Waals surface area contributed by atoms with Crippen molar-refractivity contribution in [1.29, 1.82) is 0 Å². The van der Waals surface area contributed by atoms with Gasteiger partial charge in [-0.05, 0) is 31.2 Å². The number of ether oxygens (including phenoxy) is 3. The normalized spacial score (nSPS) is 10.6. The van der Waals surface area contributed by atoms with Crippen molar-refractivity contribution >= 4 is 22.9 Å². The van der Waals surface area contributed by atoms with Crippen molar-refractivity contribution in [3.05, 3.63) is 59.4 Å². The molecule has 0 aliphatic heterocycles. The van der Waals surface area contributed by atoms with E-state index >= 15 is 0 Å². The summed E-state index contributed by atoms with van der Waals surface area (Å²) in [7, 11) is 1.54. The number of amides is 1. The Morgan fingerprint density at radius 1 is 1.13 bits per heavy atom. The molecule has 0 aliphatic carbocycles. The molecule has 0 radical (unpaired) electrons. The molecule has 0 atom stereocenters. The van der Waals surface area contributed by atoms with Gasteiger partial charge in [0.1, 0.15) is 17.4 Å². The Labute approximate surface area is 178 Å². The molecular formula is C22H23FN2O4S. The summed E-state index contributed by atoms with van der Waals surface area (Å²) in [5.41, 5.74) is 1.88. The van der Waals surface area contributed by atoms with E-state index in [1.165, 1.54) is 23.5 Å². The second kappa shape index (κ2) is 10.7. The van der Waals surface area contributed by atoms with Crippen LogP contribution in [0.4, 0.5) is 10.1 Å². The molecule has 1 amide bonds. The van der Waals surface area contributed by atoms with Crippen molar-refractivity contribution in [3.63, 3.8) is 0 Å². The van der Waals surface area contributed by atoms with E-state index in [-0.39, 0.29) is 24.7 Å². The molecule has 2 aromatic carbocycles. The zero-order valence-corrected chi connectivity index (χ0v) is 17.6. The first-order chi connectivity index (χ1) is 14.6. The van der Waals surface area contributed by atoms with E-state index in [1.54, 1.807) is 13.2 Å². The van der Waals surface area contributed by atoms with Crippen LogP contribution >= 0.6 is 11.3 Å². The summed E-state index contributed by atoms with van der Waals surface area (Å²) >= 11 is 1.45. The summed E-state index contributed by atoms with van der Waals surface area (Å²) in [4.78, 5) is 16.9.